The molecule has 0 unspecified atom stereocenters. The van der Waals surface area contributed by atoms with Crippen molar-refractivity contribution in [2.45, 2.75) is 33.6 Å². The number of anilines is 1. The number of nitrogens with one attached hydrogen (secondary N) is 1. The van der Waals surface area contributed by atoms with Crippen LogP contribution < -0.4 is 5.32 Å². The molecule has 2 rings (SSSR count). The highest BCUT2D eigenvalue weighted by atomic mass is 32.1. The van der Waals surface area contributed by atoms with Gasteiger partial charge in [0.1, 0.15) is 4.88 Å². The molecule has 0 aliphatic carbocycles. The summed E-state index contributed by atoms with van der Waals surface area (Å²) in [7, 11) is 0. The van der Waals surface area contributed by atoms with Crippen molar-refractivity contribution in [3.05, 3.63) is 45.4 Å². The van der Waals surface area contributed by atoms with Gasteiger partial charge in [-0.05, 0) is 31.4 Å². The number of carbonyl (C=O) groups excluding carboxylic acids is 2. The largest absolute Gasteiger partial charge is 0.451 e. The maximum atomic E-state index is 12.0. The van der Waals surface area contributed by atoms with Crippen molar-refractivity contribution in [1.82, 2.24) is 4.98 Å². The van der Waals surface area contributed by atoms with Crippen molar-refractivity contribution in [1.29, 1.82) is 0 Å². The van der Waals surface area contributed by atoms with Crippen molar-refractivity contribution in [2.75, 3.05) is 11.9 Å². The van der Waals surface area contributed by atoms with E-state index in [-0.39, 0.29) is 18.4 Å². The third kappa shape index (κ3) is 4.39. The first-order valence-electron chi connectivity index (χ1n) is 7.38. The minimum Gasteiger partial charge on any atom is -0.451 e. The van der Waals surface area contributed by atoms with Gasteiger partial charge in [-0.25, -0.2) is 9.78 Å². The minimum absolute atomic E-state index is 0.289. The van der Waals surface area contributed by atoms with Crippen LogP contribution in [-0.2, 0) is 9.53 Å². The van der Waals surface area contributed by atoms with Crippen LogP contribution in [0, 0.1) is 13.8 Å². The zero-order valence-electron chi connectivity index (χ0n) is 13.7. The summed E-state index contributed by atoms with van der Waals surface area (Å²) in [6.07, 6.45) is 0. The fourth-order valence-electron chi connectivity index (χ4n) is 2.22. The molecule has 1 amide bonds. The highest BCUT2D eigenvalue weighted by Gasteiger charge is 2.17. The van der Waals surface area contributed by atoms with E-state index in [0.717, 1.165) is 16.3 Å². The van der Waals surface area contributed by atoms with Crippen molar-refractivity contribution in [3.63, 3.8) is 0 Å². The molecule has 0 saturated heterocycles. The van der Waals surface area contributed by atoms with Gasteiger partial charge >= 0.3 is 5.97 Å². The quantitative estimate of drug-likeness (QED) is 0.848. The summed E-state index contributed by atoms with van der Waals surface area (Å²) in [4.78, 5) is 28.6. The van der Waals surface area contributed by atoms with Gasteiger partial charge in [0.15, 0.2) is 6.61 Å². The maximum absolute atomic E-state index is 12.0. The summed E-state index contributed by atoms with van der Waals surface area (Å²) in [5.74, 6) is -0.581. The third-order valence-electron chi connectivity index (χ3n) is 3.28. The van der Waals surface area contributed by atoms with Crippen molar-refractivity contribution in [2.24, 2.45) is 0 Å². The maximum Gasteiger partial charge on any atom is 0.350 e. The van der Waals surface area contributed by atoms with E-state index in [2.05, 4.69) is 24.1 Å². The number of ether oxygens (including phenoxy) is 1. The van der Waals surface area contributed by atoms with Crippen molar-refractivity contribution in [3.8, 4) is 0 Å². The van der Waals surface area contributed by atoms with E-state index in [1.807, 2.05) is 31.2 Å². The molecule has 2 aromatic rings. The molecular formula is C17H20N2O3S. The Kier molecular flexibility index (Phi) is 5.50. The Morgan fingerprint density at radius 2 is 1.96 bits per heavy atom. The van der Waals surface area contributed by atoms with Crippen LogP contribution in [0.5, 0.6) is 0 Å². The second-order valence-corrected chi connectivity index (χ2v) is 6.72. The Morgan fingerprint density at radius 3 is 2.57 bits per heavy atom. The smallest absolute Gasteiger partial charge is 0.350 e. The molecular weight excluding hydrogens is 312 g/mol. The lowest BCUT2D eigenvalue weighted by molar-refractivity contribution is -0.119. The molecule has 0 saturated carbocycles. The second-order valence-electron chi connectivity index (χ2n) is 5.51. The molecule has 6 heteroatoms. The predicted molar refractivity (Wildman–Crippen MR) is 91.0 cm³/mol. The number of esters is 1. The number of carbonyl (C=O) groups is 2. The molecule has 0 aliphatic rings. The monoisotopic (exact) mass is 332 g/mol. The van der Waals surface area contributed by atoms with Crippen LogP contribution in [0.1, 0.15) is 45.7 Å². The molecule has 0 atom stereocenters. The molecule has 5 nitrogen and oxygen atoms in total. The van der Waals surface area contributed by atoms with E-state index in [4.69, 9.17) is 4.74 Å². The number of hydrogen-bond donors (Lipinski definition) is 1. The first-order chi connectivity index (χ1) is 10.9. The molecule has 0 fully saturated rings. The molecule has 1 aromatic heterocycles. The lowest BCUT2D eigenvalue weighted by Crippen LogP contribution is -2.21. The van der Waals surface area contributed by atoms with E-state index in [1.54, 1.807) is 6.92 Å². The molecule has 0 aliphatic heterocycles. The molecule has 0 radical (unpaired) electrons. The standard InChI is InChI=1S/C17H20N2O3S/c1-10(2)13-7-5-6-8-14(13)19-15(20)9-22-17(21)16-11(3)18-12(4)23-16/h5-8,10H,9H2,1-4H3,(H,19,20). The van der Waals surface area contributed by atoms with Gasteiger partial charge in [-0.2, -0.15) is 0 Å². The van der Waals surface area contributed by atoms with Gasteiger partial charge in [-0.1, -0.05) is 32.0 Å². The average molecular weight is 332 g/mol. The topological polar surface area (TPSA) is 68.3 Å². The highest BCUT2D eigenvalue weighted by Crippen LogP contribution is 2.23. The number of amides is 1. The summed E-state index contributed by atoms with van der Waals surface area (Å²) in [5, 5.41) is 3.59. The summed E-state index contributed by atoms with van der Waals surface area (Å²) >= 11 is 1.27. The van der Waals surface area contributed by atoms with E-state index in [1.165, 1.54) is 11.3 Å². The van der Waals surface area contributed by atoms with Crippen LogP contribution in [0.25, 0.3) is 0 Å². The van der Waals surface area contributed by atoms with Crippen molar-refractivity contribution < 1.29 is 14.3 Å². The number of thiazole rings is 1. The molecule has 0 bridgehead atoms. The van der Waals surface area contributed by atoms with E-state index >= 15 is 0 Å². The van der Waals surface area contributed by atoms with E-state index in [0.29, 0.717) is 10.6 Å². The van der Waals surface area contributed by atoms with Gasteiger partial charge in [0, 0.05) is 5.69 Å². The number of benzene rings is 1. The Morgan fingerprint density at radius 1 is 1.26 bits per heavy atom. The highest BCUT2D eigenvalue weighted by molar-refractivity contribution is 7.13. The predicted octanol–water partition coefficient (Wildman–Crippen LogP) is 3.68. The molecule has 23 heavy (non-hydrogen) atoms. The van der Waals surface area contributed by atoms with Gasteiger partial charge in [0.05, 0.1) is 10.7 Å². The van der Waals surface area contributed by atoms with Crippen LogP contribution in [0.2, 0.25) is 0 Å². The molecule has 1 aromatic carbocycles. The summed E-state index contributed by atoms with van der Waals surface area (Å²) in [5.41, 5.74) is 2.41. The number of para-hydroxylation sites is 1. The van der Waals surface area contributed by atoms with Crippen molar-refractivity contribution >= 4 is 28.9 Å². The van der Waals surface area contributed by atoms with Crippen LogP contribution in [0.15, 0.2) is 24.3 Å². The van der Waals surface area contributed by atoms with Gasteiger partial charge in [-0.15, -0.1) is 11.3 Å². The van der Waals surface area contributed by atoms with Gasteiger partial charge < -0.3 is 10.1 Å². The lowest BCUT2D eigenvalue weighted by Gasteiger charge is -2.13. The SMILES string of the molecule is Cc1nc(C)c(C(=O)OCC(=O)Nc2ccccc2C(C)C)s1. The zero-order valence-corrected chi connectivity index (χ0v) is 14.5. The molecule has 1 heterocycles. The first kappa shape index (κ1) is 17.1. The normalized spacial score (nSPS) is 10.7. The Bertz CT molecular complexity index is 722. The summed E-state index contributed by atoms with van der Waals surface area (Å²) in [6.45, 7) is 7.37. The third-order valence-corrected chi connectivity index (χ3v) is 4.33. The average Bonchev–Trinajstić information content (AvgIpc) is 2.84. The first-order valence-corrected chi connectivity index (χ1v) is 8.20. The molecule has 0 spiro atoms. The van der Waals surface area contributed by atoms with Gasteiger partial charge in [0.25, 0.3) is 5.91 Å². The van der Waals surface area contributed by atoms with Crippen LogP contribution in [-0.4, -0.2) is 23.5 Å². The van der Waals surface area contributed by atoms with Crippen LogP contribution in [0.4, 0.5) is 5.69 Å². The molecule has 122 valence electrons. The second kappa shape index (κ2) is 7.37. The number of aryl methyl sites for hydroxylation is 2. The number of rotatable bonds is 5. The number of nitrogens with zero attached hydrogens (tertiary/aromatic N) is 1. The van der Waals surface area contributed by atoms with E-state index < -0.39 is 5.97 Å². The summed E-state index contributed by atoms with van der Waals surface area (Å²) in [6, 6.07) is 7.60. The zero-order chi connectivity index (χ0) is 17.0. The fourth-order valence-corrected chi connectivity index (χ4v) is 3.03. The molecule has 1 N–H and O–H groups in total. The fraction of sp³-hybridized carbons (Fsp3) is 0.353. The Balaban J connectivity index is 1.96. The summed E-state index contributed by atoms with van der Waals surface area (Å²) < 4.78 is 5.08. The lowest BCUT2D eigenvalue weighted by atomic mass is 10.0. The van der Waals surface area contributed by atoms with Crippen LogP contribution in [0.3, 0.4) is 0 Å². The van der Waals surface area contributed by atoms with Gasteiger partial charge in [-0.3, -0.25) is 4.79 Å². The van der Waals surface area contributed by atoms with Crippen LogP contribution >= 0.6 is 11.3 Å². The number of hydrogen-bond acceptors (Lipinski definition) is 5. The Labute approximate surface area is 139 Å². The van der Waals surface area contributed by atoms with E-state index in [9.17, 15) is 9.59 Å². The number of aromatic nitrogens is 1. The van der Waals surface area contributed by atoms with Gasteiger partial charge in [0.2, 0.25) is 0 Å². The Hall–Kier alpha value is -2.21. The minimum atomic E-state index is -0.514.